The van der Waals surface area contributed by atoms with Crippen LogP contribution in [0.2, 0.25) is 0 Å². The minimum absolute atomic E-state index is 0.883. The van der Waals surface area contributed by atoms with Gasteiger partial charge in [-0.15, -0.1) is 0 Å². The van der Waals surface area contributed by atoms with Crippen LogP contribution in [0, 0.1) is 17.8 Å². The van der Waals surface area contributed by atoms with E-state index in [1.165, 1.54) is 25.7 Å². The van der Waals surface area contributed by atoms with Gasteiger partial charge in [0.1, 0.15) is 0 Å². The molecule has 2 atom stereocenters. The lowest BCUT2D eigenvalue weighted by molar-refractivity contribution is 0.336. The van der Waals surface area contributed by atoms with E-state index < -0.39 is 0 Å². The monoisotopic (exact) mass is 170 g/mol. The third-order valence-corrected chi connectivity index (χ3v) is 3.06. The van der Waals surface area contributed by atoms with Crippen LogP contribution in [0.1, 0.15) is 60.3 Å². The van der Waals surface area contributed by atoms with Gasteiger partial charge in [-0.3, -0.25) is 0 Å². The van der Waals surface area contributed by atoms with E-state index in [1.54, 1.807) is 0 Å². The SMILES string of the molecule is CCC(C)C(C)CCCC(C)C. The van der Waals surface area contributed by atoms with Gasteiger partial charge in [-0.05, 0) is 17.8 Å². The molecule has 0 aliphatic heterocycles. The van der Waals surface area contributed by atoms with E-state index in [4.69, 9.17) is 0 Å². The quantitative estimate of drug-likeness (QED) is 0.551. The maximum Gasteiger partial charge on any atom is -0.0417 e. The summed E-state index contributed by atoms with van der Waals surface area (Å²) in [6.07, 6.45) is 5.58. The zero-order valence-electron chi connectivity index (χ0n) is 9.56. The predicted molar refractivity (Wildman–Crippen MR) is 57.3 cm³/mol. The lowest BCUT2D eigenvalue weighted by atomic mass is 9.88. The van der Waals surface area contributed by atoms with Gasteiger partial charge in [0, 0.05) is 0 Å². The lowest BCUT2D eigenvalue weighted by Crippen LogP contribution is -2.06. The van der Waals surface area contributed by atoms with E-state index in [0.717, 1.165) is 17.8 Å². The van der Waals surface area contributed by atoms with E-state index >= 15 is 0 Å². The molecule has 0 nitrogen and oxygen atoms in total. The molecule has 0 aromatic carbocycles. The summed E-state index contributed by atoms with van der Waals surface area (Å²) in [5.74, 6) is 2.72. The van der Waals surface area contributed by atoms with Crippen molar-refractivity contribution in [2.24, 2.45) is 17.8 Å². The fourth-order valence-corrected chi connectivity index (χ4v) is 1.53. The molecule has 0 saturated heterocycles. The maximum absolute atomic E-state index is 2.40. The topological polar surface area (TPSA) is 0 Å². The summed E-state index contributed by atoms with van der Waals surface area (Å²) in [4.78, 5) is 0. The van der Waals surface area contributed by atoms with Gasteiger partial charge < -0.3 is 0 Å². The molecular formula is C12H26. The average Bonchev–Trinajstić information content (AvgIpc) is 2.02. The molecule has 0 N–H and O–H groups in total. The first-order valence-electron chi connectivity index (χ1n) is 5.57. The van der Waals surface area contributed by atoms with Gasteiger partial charge in [0.15, 0.2) is 0 Å². The van der Waals surface area contributed by atoms with Crippen LogP contribution < -0.4 is 0 Å². The minimum atomic E-state index is 0.883. The molecule has 0 bridgehead atoms. The Hall–Kier alpha value is 0. The Balaban J connectivity index is 3.37. The zero-order valence-corrected chi connectivity index (χ0v) is 9.56. The molecule has 0 spiro atoms. The molecule has 0 aliphatic carbocycles. The van der Waals surface area contributed by atoms with E-state index in [9.17, 15) is 0 Å². The van der Waals surface area contributed by atoms with E-state index in [1.807, 2.05) is 0 Å². The number of hydrogen-bond acceptors (Lipinski definition) is 0. The number of hydrogen-bond donors (Lipinski definition) is 0. The zero-order chi connectivity index (χ0) is 9.56. The van der Waals surface area contributed by atoms with Gasteiger partial charge in [-0.2, -0.15) is 0 Å². The predicted octanol–water partition coefficient (Wildman–Crippen LogP) is 4.49. The van der Waals surface area contributed by atoms with Crippen molar-refractivity contribution in [3.05, 3.63) is 0 Å². The molecule has 0 heterocycles. The normalized spacial score (nSPS) is 16.5. The largest absolute Gasteiger partial charge is 0.0651 e. The van der Waals surface area contributed by atoms with Crippen molar-refractivity contribution in [3.8, 4) is 0 Å². The fourth-order valence-electron chi connectivity index (χ4n) is 1.53. The first-order chi connectivity index (χ1) is 5.57. The summed E-state index contributed by atoms with van der Waals surface area (Å²) in [6, 6.07) is 0. The van der Waals surface area contributed by atoms with Crippen LogP contribution in [0.5, 0.6) is 0 Å². The highest BCUT2D eigenvalue weighted by molar-refractivity contribution is 4.60. The second-order valence-electron chi connectivity index (χ2n) is 4.69. The first kappa shape index (κ1) is 12.0. The van der Waals surface area contributed by atoms with Gasteiger partial charge in [-0.1, -0.05) is 60.3 Å². The van der Waals surface area contributed by atoms with Crippen LogP contribution in [0.3, 0.4) is 0 Å². The Kier molecular flexibility index (Phi) is 6.51. The number of rotatable bonds is 6. The van der Waals surface area contributed by atoms with E-state index in [0.29, 0.717) is 0 Å². The Labute approximate surface area is 78.8 Å². The van der Waals surface area contributed by atoms with E-state index in [2.05, 4.69) is 34.6 Å². The van der Waals surface area contributed by atoms with Crippen molar-refractivity contribution in [2.75, 3.05) is 0 Å². The maximum atomic E-state index is 2.40. The van der Waals surface area contributed by atoms with Crippen LogP contribution in [0.4, 0.5) is 0 Å². The molecule has 2 unspecified atom stereocenters. The highest BCUT2D eigenvalue weighted by Crippen LogP contribution is 2.21. The Morgan fingerprint density at radius 3 is 1.83 bits per heavy atom. The van der Waals surface area contributed by atoms with Gasteiger partial charge in [0.2, 0.25) is 0 Å². The minimum Gasteiger partial charge on any atom is -0.0651 e. The Bertz CT molecular complexity index is 94.2. The van der Waals surface area contributed by atoms with Gasteiger partial charge >= 0.3 is 0 Å². The van der Waals surface area contributed by atoms with Crippen molar-refractivity contribution in [3.63, 3.8) is 0 Å². The summed E-state index contributed by atoms with van der Waals surface area (Å²) in [5.41, 5.74) is 0. The van der Waals surface area contributed by atoms with Crippen LogP contribution >= 0.6 is 0 Å². The van der Waals surface area contributed by atoms with Gasteiger partial charge in [0.25, 0.3) is 0 Å². The Morgan fingerprint density at radius 2 is 1.42 bits per heavy atom. The molecule has 0 saturated carbocycles. The standard InChI is InChI=1S/C12H26/c1-6-11(4)12(5)9-7-8-10(2)3/h10-12H,6-9H2,1-5H3. The van der Waals surface area contributed by atoms with Crippen molar-refractivity contribution in [1.29, 1.82) is 0 Å². The fraction of sp³-hybridized carbons (Fsp3) is 1.00. The molecule has 0 fully saturated rings. The average molecular weight is 170 g/mol. The van der Waals surface area contributed by atoms with E-state index in [-0.39, 0.29) is 0 Å². The van der Waals surface area contributed by atoms with Crippen LogP contribution in [-0.4, -0.2) is 0 Å². The molecule has 0 heteroatoms. The smallest absolute Gasteiger partial charge is 0.0417 e. The molecule has 0 aromatic heterocycles. The lowest BCUT2D eigenvalue weighted by Gasteiger charge is -2.18. The molecule has 74 valence electrons. The first-order valence-corrected chi connectivity index (χ1v) is 5.57. The third kappa shape index (κ3) is 5.62. The summed E-state index contributed by atoms with van der Waals surface area (Å²) < 4.78 is 0. The summed E-state index contributed by atoms with van der Waals surface area (Å²) in [5, 5.41) is 0. The molecule has 0 aromatic rings. The second kappa shape index (κ2) is 6.51. The van der Waals surface area contributed by atoms with Crippen LogP contribution in [0.25, 0.3) is 0 Å². The summed E-state index contributed by atoms with van der Waals surface area (Å²) >= 11 is 0. The molecule has 0 amide bonds. The molecule has 0 rings (SSSR count). The second-order valence-corrected chi connectivity index (χ2v) is 4.69. The van der Waals surface area contributed by atoms with Crippen molar-refractivity contribution < 1.29 is 0 Å². The van der Waals surface area contributed by atoms with Crippen LogP contribution in [0.15, 0.2) is 0 Å². The van der Waals surface area contributed by atoms with Crippen molar-refractivity contribution in [1.82, 2.24) is 0 Å². The molecule has 0 radical (unpaired) electrons. The summed E-state index contributed by atoms with van der Waals surface area (Å²) in [7, 11) is 0. The van der Waals surface area contributed by atoms with Gasteiger partial charge in [-0.25, -0.2) is 0 Å². The van der Waals surface area contributed by atoms with Crippen molar-refractivity contribution in [2.45, 2.75) is 60.3 Å². The summed E-state index contributed by atoms with van der Waals surface area (Å²) in [6.45, 7) is 11.7. The van der Waals surface area contributed by atoms with Crippen molar-refractivity contribution >= 4 is 0 Å². The van der Waals surface area contributed by atoms with Crippen LogP contribution in [-0.2, 0) is 0 Å². The molecular weight excluding hydrogens is 144 g/mol. The highest BCUT2D eigenvalue weighted by atomic mass is 14.1. The highest BCUT2D eigenvalue weighted by Gasteiger charge is 2.09. The molecule has 0 aliphatic rings. The van der Waals surface area contributed by atoms with Gasteiger partial charge in [0.05, 0.1) is 0 Å². The Morgan fingerprint density at radius 1 is 0.833 bits per heavy atom. The molecule has 12 heavy (non-hydrogen) atoms. The third-order valence-electron chi connectivity index (χ3n) is 3.06.